The zero-order chi connectivity index (χ0) is 13.7. The first kappa shape index (κ1) is 13.7. The summed E-state index contributed by atoms with van der Waals surface area (Å²) in [4.78, 5) is 0.653. The van der Waals surface area contributed by atoms with Crippen molar-refractivity contribution in [2.45, 2.75) is 11.8 Å². The number of ether oxygens (including phenoxy) is 1. The second kappa shape index (κ2) is 6.48. The summed E-state index contributed by atoms with van der Waals surface area (Å²) in [7, 11) is 0. The Morgan fingerprint density at radius 2 is 2.00 bits per heavy atom. The number of nitrogens with two attached hydrogens (primary N) is 1. The predicted octanol–water partition coefficient (Wildman–Crippen LogP) is 3.89. The van der Waals surface area contributed by atoms with Crippen molar-refractivity contribution in [2.24, 2.45) is 0 Å². The van der Waals surface area contributed by atoms with Crippen LogP contribution in [0, 0.1) is 12.7 Å². The van der Waals surface area contributed by atoms with Crippen molar-refractivity contribution in [3.63, 3.8) is 0 Å². The Kier molecular flexibility index (Phi) is 4.68. The molecule has 0 aliphatic rings. The Hall–Kier alpha value is -1.68. The van der Waals surface area contributed by atoms with Gasteiger partial charge in [-0.25, -0.2) is 4.39 Å². The monoisotopic (exact) mass is 277 g/mol. The van der Waals surface area contributed by atoms with Gasteiger partial charge in [-0.15, -0.1) is 11.8 Å². The molecule has 0 aromatic heterocycles. The summed E-state index contributed by atoms with van der Waals surface area (Å²) in [6.45, 7) is 2.49. The zero-order valence-corrected chi connectivity index (χ0v) is 11.5. The SMILES string of the molecule is Cc1cc(N)ccc1OCCSc1ccccc1F. The normalized spacial score (nSPS) is 10.4. The van der Waals surface area contributed by atoms with Crippen LogP contribution in [0.25, 0.3) is 0 Å². The number of aryl methyl sites for hydroxylation is 1. The van der Waals surface area contributed by atoms with E-state index in [0.717, 1.165) is 17.0 Å². The lowest BCUT2D eigenvalue weighted by molar-refractivity contribution is 0.341. The predicted molar refractivity (Wildman–Crippen MR) is 78.2 cm³/mol. The quantitative estimate of drug-likeness (QED) is 0.511. The fraction of sp³-hybridized carbons (Fsp3) is 0.200. The molecule has 4 heteroatoms. The van der Waals surface area contributed by atoms with Gasteiger partial charge in [-0.1, -0.05) is 12.1 Å². The second-order valence-corrected chi connectivity index (χ2v) is 5.29. The smallest absolute Gasteiger partial charge is 0.136 e. The Morgan fingerprint density at radius 3 is 2.74 bits per heavy atom. The maximum Gasteiger partial charge on any atom is 0.136 e. The van der Waals surface area contributed by atoms with Gasteiger partial charge in [0.25, 0.3) is 0 Å². The first-order valence-electron chi connectivity index (χ1n) is 6.03. The molecular formula is C15H16FNOS. The van der Waals surface area contributed by atoms with Crippen LogP contribution in [0.3, 0.4) is 0 Å². The number of thioether (sulfide) groups is 1. The molecule has 0 bridgehead atoms. The van der Waals surface area contributed by atoms with Gasteiger partial charge in [0.2, 0.25) is 0 Å². The van der Waals surface area contributed by atoms with Crippen molar-refractivity contribution in [1.29, 1.82) is 0 Å². The summed E-state index contributed by atoms with van der Waals surface area (Å²) in [5.41, 5.74) is 7.41. The first-order valence-corrected chi connectivity index (χ1v) is 7.01. The molecule has 0 amide bonds. The van der Waals surface area contributed by atoms with E-state index in [0.29, 0.717) is 17.3 Å². The highest BCUT2D eigenvalue weighted by molar-refractivity contribution is 7.99. The van der Waals surface area contributed by atoms with Crippen molar-refractivity contribution >= 4 is 17.4 Å². The van der Waals surface area contributed by atoms with Gasteiger partial charge >= 0.3 is 0 Å². The van der Waals surface area contributed by atoms with E-state index in [-0.39, 0.29) is 5.82 Å². The molecule has 0 saturated carbocycles. The van der Waals surface area contributed by atoms with Crippen LogP contribution in [0.2, 0.25) is 0 Å². The van der Waals surface area contributed by atoms with Crippen molar-refractivity contribution in [2.75, 3.05) is 18.1 Å². The first-order chi connectivity index (χ1) is 9.16. The molecule has 100 valence electrons. The summed E-state index contributed by atoms with van der Waals surface area (Å²) >= 11 is 1.45. The fourth-order valence-corrected chi connectivity index (χ4v) is 2.47. The minimum absolute atomic E-state index is 0.184. The second-order valence-electron chi connectivity index (χ2n) is 4.15. The highest BCUT2D eigenvalue weighted by Crippen LogP contribution is 2.23. The molecule has 0 spiro atoms. The van der Waals surface area contributed by atoms with Gasteiger partial charge in [0.15, 0.2) is 0 Å². The number of rotatable bonds is 5. The Bertz CT molecular complexity index is 560. The standard InChI is InChI=1S/C15H16FNOS/c1-11-10-12(17)6-7-14(11)18-8-9-19-15-5-3-2-4-13(15)16/h2-7,10H,8-9,17H2,1H3. The minimum atomic E-state index is -0.184. The van der Waals surface area contributed by atoms with E-state index in [1.54, 1.807) is 12.1 Å². The summed E-state index contributed by atoms with van der Waals surface area (Å²) in [6, 6.07) is 12.3. The van der Waals surface area contributed by atoms with Gasteiger partial charge in [-0.3, -0.25) is 0 Å². The molecule has 0 atom stereocenters. The number of halogens is 1. The van der Waals surface area contributed by atoms with E-state index in [4.69, 9.17) is 10.5 Å². The maximum atomic E-state index is 13.4. The molecule has 0 aliphatic heterocycles. The Morgan fingerprint density at radius 1 is 1.21 bits per heavy atom. The maximum absolute atomic E-state index is 13.4. The molecule has 0 saturated heterocycles. The van der Waals surface area contributed by atoms with E-state index in [1.807, 2.05) is 31.2 Å². The number of hydrogen-bond acceptors (Lipinski definition) is 3. The zero-order valence-electron chi connectivity index (χ0n) is 10.7. The summed E-state index contributed by atoms with van der Waals surface area (Å²) < 4.78 is 19.0. The Labute approximate surface area is 116 Å². The van der Waals surface area contributed by atoms with E-state index in [9.17, 15) is 4.39 Å². The number of benzene rings is 2. The molecule has 0 unspecified atom stereocenters. The molecule has 0 fully saturated rings. The van der Waals surface area contributed by atoms with Crippen LogP contribution in [0.1, 0.15) is 5.56 Å². The van der Waals surface area contributed by atoms with E-state index < -0.39 is 0 Å². The van der Waals surface area contributed by atoms with Crippen molar-refractivity contribution < 1.29 is 9.13 Å². The number of hydrogen-bond donors (Lipinski definition) is 1. The van der Waals surface area contributed by atoms with E-state index >= 15 is 0 Å². The molecule has 2 nitrogen and oxygen atoms in total. The van der Waals surface area contributed by atoms with Crippen molar-refractivity contribution in [1.82, 2.24) is 0 Å². The molecule has 2 N–H and O–H groups in total. The molecule has 0 aliphatic carbocycles. The van der Waals surface area contributed by atoms with E-state index in [1.165, 1.54) is 17.8 Å². The molecule has 0 heterocycles. The van der Waals surface area contributed by atoms with Crippen molar-refractivity contribution in [3.05, 3.63) is 53.8 Å². The van der Waals surface area contributed by atoms with Crippen LogP contribution in [0.4, 0.5) is 10.1 Å². The van der Waals surface area contributed by atoms with Crippen LogP contribution in [0.15, 0.2) is 47.4 Å². The van der Waals surface area contributed by atoms with Gasteiger partial charge in [0, 0.05) is 16.3 Å². The van der Waals surface area contributed by atoms with Gasteiger partial charge in [0.05, 0.1) is 6.61 Å². The third-order valence-electron chi connectivity index (χ3n) is 2.63. The summed E-state index contributed by atoms with van der Waals surface area (Å²) in [5.74, 6) is 1.34. The largest absolute Gasteiger partial charge is 0.492 e. The number of anilines is 1. The Balaban J connectivity index is 1.83. The van der Waals surface area contributed by atoms with Crippen molar-refractivity contribution in [3.8, 4) is 5.75 Å². The lowest BCUT2D eigenvalue weighted by Crippen LogP contribution is -2.02. The van der Waals surface area contributed by atoms with Gasteiger partial charge in [-0.05, 0) is 42.8 Å². The topological polar surface area (TPSA) is 35.2 Å². The molecule has 2 aromatic carbocycles. The number of nitrogen functional groups attached to an aromatic ring is 1. The summed E-state index contributed by atoms with van der Waals surface area (Å²) in [6.07, 6.45) is 0. The third kappa shape index (κ3) is 3.89. The molecular weight excluding hydrogens is 261 g/mol. The summed E-state index contributed by atoms with van der Waals surface area (Å²) in [5, 5.41) is 0. The van der Waals surface area contributed by atoms with Crippen LogP contribution in [0.5, 0.6) is 5.75 Å². The molecule has 2 rings (SSSR count). The third-order valence-corrected chi connectivity index (χ3v) is 3.65. The fourth-order valence-electron chi connectivity index (χ4n) is 1.70. The highest BCUT2D eigenvalue weighted by atomic mass is 32.2. The van der Waals surface area contributed by atoms with Crippen LogP contribution < -0.4 is 10.5 Å². The average molecular weight is 277 g/mol. The average Bonchev–Trinajstić information content (AvgIpc) is 2.38. The highest BCUT2D eigenvalue weighted by Gasteiger charge is 2.02. The van der Waals surface area contributed by atoms with Gasteiger partial charge in [0.1, 0.15) is 11.6 Å². The lowest BCUT2D eigenvalue weighted by Gasteiger charge is -2.09. The lowest BCUT2D eigenvalue weighted by atomic mass is 10.2. The van der Waals surface area contributed by atoms with E-state index in [2.05, 4.69) is 0 Å². The molecule has 19 heavy (non-hydrogen) atoms. The molecule has 0 radical (unpaired) electrons. The molecule has 2 aromatic rings. The van der Waals surface area contributed by atoms with Crippen LogP contribution in [-0.4, -0.2) is 12.4 Å². The van der Waals surface area contributed by atoms with Crippen LogP contribution in [-0.2, 0) is 0 Å². The minimum Gasteiger partial charge on any atom is -0.492 e. The van der Waals surface area contributed by atoms with Gasteiger partial charge in [-0.2, -0.15) is 0 Å². The van der Waals surface area contributed by atoms with Gasteiger partial charge < -0.3 is 10.5 Å². The van der Waals surface area contributed by atoms with Crippen LogP contribution >= 0.6 is 11.8 Å².